The maximum atomic E-state index is 12.5. The van der Waals surface area contributed by atoms with Gasteiger partial charge in [-0.1, -0.05) is 42.5 Å². The molecule has 156 valence electrons. The zero-order valence-electron chi connectivity index (χ0n) is 17.5. The number of nitrogens with one attached hydrogen (secondary N) is 1. The van der Waals surface area contributed by atoms with Crippen LogP contribution in [0.25, 0.3) is 0 Å². The summed E-state index contributed by atoms with van der Waals surface area (Å²) in [6.07, 6.45) is 2.41. The van der Waals surface area contributed by atoms with E-state index in [1.165, 1.54) is 5.56 Å². The van der Waals surface area contributed by atoms with Crippen molar-refractivity contribution in [2.24, 2.45) is 0 Å². The number of hydrogen-bond acceptors (Lipinski definition) is 4. The summed E-state index contributed by atoms with van der Waals surface area (Å²) in [7, 11) is 3.45. The summed E-state index contributed by atoms with van der Waals surface area (Å²) < 4.78 is 5.24. The molecule has 1 aliphatic rings. The summed E-state index contributed by atoms with van der Waals surface area (Å²) in [5.41, 5.74) is 2.85. The van der Waals surface area contributed by atoms with E-state index in [2.05, 4.69) is 5.32 Å². The minimum absolute atomic E-state index is 0.00508. The molecule has 0 aromatic heterocycles. The molecule has 4 atom stereocenters. The number of likely N-dealkylation sites (N-methyl/N-ethyl adjacent to an activating group) is 1. The van der Waals surface area contributed by atoms with Crippen molar-refractivity contribution in [3.63, 3.8) is 0 Å². The Morgan fingerprint density at radius 2 is 1.86 bits per heavy atom. The quantitative estimate of drug-likeness (QED) is 0.719. The molecule has 1 fully saturated rings. The maximum Gasteiger partial charge on any atom is 0.253 e. The van der Waals surface area contributed by atoms with E-state index < -0.39 is 6.10 Å². The Labute approximate surface area is 173 Å². The van der Waals surface area contributed by atoms with Crippen LogP contribution in [0.3, 0.4) is 0 Å². The third kappa shape index (κ3) is 5.66. The van der Waals surface area contributed by atoms with Crippen LogP contribution < -0.4 is 5.32 Å². The summed E-state index contributed by atoms with van der Waals surface area (Å²) in [6.45, 7) is 2.51. The van der Waals surface area contributed by atoms with E-state index in [4.69, 9.17) is 4.74 Å². The predicted molar refractivity (Wildman–Crippen MR) is 115 cm³/mol. The normalized spacial score (nSPS) is 21.0. The fraction of sp³-hybridized carbons (Fsp3) is 0.458. The molecule has 2 aromatic rings. The number of methoxy groups -OCH3 is 1. The fourth-order valence-corrected chi connectivity index (χ4v) is 3.97. The zero-order valence-corrected chi connectivity index (χ0v) is 17.5. The standard InChI is InChI=1S/C24H32N2O3/c1-17(29-3)16-26(2)24(28)20-11-9-18(10-12-20)15-21-13-14-22(25-21)23(27)19-7-5-4-6-8-19/h4-12,17,21-23,25,27H,13-16H2,1-3H3/t17?,21-,22+,23?/m0/s1. The van der Waals surface area contributed by atoms with E-state index in [0.29, 0.717) is 18.2 Å². The molecule has 5 nitrogen and oxygen atoms in total. The maximum absolute atomic E-state index is 12.5. The van der Waals surface area contributed by atoms with Crippen LogP contribution >= 0.6 is 0 Å². The molecule has 1 amide bonds. The monoisotopic (exact) mass is 396 g/mol. The van der Waals surface area contributed by atoms with Gasteiger partial charge in [0.05, 0.1) is 12.2 Å². The van der Waals surface area contributed by atoms with E-state index in [1.54, 1.807) is 19.1 Å². The van der Waals surface area contributed by atoms with Crippen LogP contribution in [-0.4, -0.2) is 54.8 Å². The molecule has 1 saturated heterocycles. The number of rotatable bonds is 8. The van der Waals surface area contributed by atoms with Crippen LogP contribution in [0.1, 0.15) is 47.4 Å². The van der Waals surface area contributed by atoms with Gasteiger partial charge in [-0.25, -0.2) is 0 Å². The number of hydrogen-bond donors (Lipinski definition) is 2. The lowest BCUT2D eigenvalue weighted by molar-refractivity contribution is 0.0600. The van der Waals surface area contributed by atoms with Gasteiger partial charge in [-0.3, -0.25) is 4.79 Å². The smallest absolute Gasteiger partial charge is 0.253 e. The lowest BCUT2D eigenvalue weighted by atomic mass is 10.0. The van der Waals surface area contributed by atoms with E-state index in [1.807, 2.05) is 61.5 Å². The van der Waals surface area contributed by atoms with Crippen LogP contribution in [0.4, 0.5) is 0 Å². The molecule has 0 radical (unpaired) electrons. The SMILES string of the molecule is COC(C)CN(C)C(=O)c1ccc(C[C@@H]2CC[C@H](C(O)c3ccccc3)N2)cc1. The van der Waals surface area contributed by atoms with Crippen LogP contribution in [-0.2, 0) is 11.2 Å². The van der Waals surface area contributed by atoms with Crippen molar-refractivity contribution in [2.75, 3.05) is 20.7 Å². The van der Waals surface area contributed by atoms with Crippen molar-refractivity contribution in [1.29, 1.82) is 0 Å². The number of aliphatic hydroxyl groups is 1. The van der Waals surface area contributed by atoms with Crippen molar-refractivity contribution < 1.29 is 14.6 Å². The van der Waals surface area contributed by atoms with Crippen molar-refractivity contribution >= 4 is 5.91 Å². The lowest BCUT2D eigenvalue weighted by Gasteiger charge is -2.21. The van der Waals surface area contributed by atoms with E-state index >= 15 is 0 Å². The first-order chi connectivity index (χ1) is 14.0. The topological polar surface area (TPSA) is 61.8 Å². The Morgan fingerprint density at radius 1 is 1.17 bits per heavy atom. The van der Waals surface area contributed by atoms with E-state index in [9.17, 15) is 9.90 Å². The highest BCUT2D eigenvalue weighted by molar-refractivity contribution is 5.94. The first-order valence-electron chi connectivity index (χ1n) is 10.3. The van der Waals surface area contributed by atoms with Crippen molar-refractivity contribution in [3.8, 4) is 0 Å². The number of benzene rings is 2. The van der Waals surface area contributed by atoms with Gasteiger partial charge in [0, 0.05) is 38.3 Å². The summed E-state index contributed by atoms with van der Waals surface area (Å²) in [4.78, 5) is 14.2. The van der Waals surface area contributed by atoms with Gasteiger partial charge in [0.2, 0.25) is 0 Å². The highest BCUT2D eigenvalue weighted by atomic mass is 16.5. The van der Waals surface area contributed by atoms with Gasteiger partial charge in [0.1, 0.15) is 0 Å². The van der Waals surface area contributed by atoms with Crippen LogP contribution in [0.15, 0.2) is 54.6 Å². The summed E-state index contributed by atoms with van der Waals surface area (Å²) in [6, 6.07) is 18.1. The van der Waals surface area contributed by atoms with Gasteiger partial charge in [-0.05, 0) is 49.4 Å². The number of carbonyl (C=O) groups excluding carboxylic acids is 1. The second-order valence-electron chi connectivity index (χ2n) is 8.04. The molecule has 2 N–H and O–H groups in total. The van der Waals surface area contributed by atoms with Crippen LogP contribution in [0.2, 0.25) is 0 Å². The largest absolute Gasteiger partial charge is 0.387 e. The number of carbonyl (C=O) groups is 1. The molecule has 5 heteroatoms. The Balaban J connectivity index is 1.53. The van der Waals surface area contributed by atoms with Crippen LogP contribution in [0.5, 0.6) is 0 Å². The number of nitrogens with zero attached hydrogens (tertiary/aromatic N) is 1. The predicted octanol–water partition coefficient (Wildman–Crippen LogP) is 3.19. The third-order valence-corrected chi connectivity index (χ3v) is 5.76. The molecule has 1 heterocycles. The lowest BCUT2D eigenvalue weighted by Crippen LogP contribution is -2.35. The molecule has 0 aliphatic carbocycles. The Hall–Kier alpha value is -2.21. The van der Waals surface area contributed by atoms with Gasteiger partial charge in [-0.15, -0.1) is 0 Å². The molecule has 2 aromatic carbocycles. The number of aliphatic hydroxyl groups excluding tert-OH is 1. The highest BCUT2D eigenvalue weighted by Gasteiger charge is 2.29. The number of amides is 1. The second-order valence-corrected chi connectivity index (χ2v) is 8.04. The van der Waals surface area contributed by atoms with Crippen molar-refractivity contribution in [3.05, 3.63) is 71.3 Å². The van der Waals surface area contributed by atoms with Gasteiger partial charge >= 0.3 is 0 Å². The molecular formula is C24H32N2O3. The minimum Gasteiger partial charge on any atom is -0.387 e. The average molecular weight is 397 g/mol. The van der Waals surface area contributed by atoms with Gasteiger partial charge < -0.3 is 20.1 Å². The summed E-state index contributed by atoms with van der Waals surface area (Å²) in [5.74, 6) is 0.00508. The average Bonchev–Trinajstić information content (AvgIpc) is 3.22. The Bertz CT molecular complexity index is 778. The number of ether oxygens (including phenoxy) is 1. The van der Waals surface area contributed by atoms with Gasteiger partial charge in [-0.2, -0.15) is 0 Å². The highest BCUT2D eigenvalue weighted by Crippen LogP contribution is 2.26. The molecule has 0 spiro atoms. The first-order valence-corrected chi connectivity index (χ1v) is 10.3. The van der Waals surface area contributed by atoms with Crippen molar-refractivity contribution in [2.45, 2.75) is 50.5 Å². The van der Waals surface area contributed by atoms with E-state index in [-0.39, 0.29) is 18.1 Å². The van der Waals surface area contributed by atoms with Gasteiger partial charge in [0.25, 0.3) is 5.91 Å². The summed E-state index contributed by atoms with van der Waals surface area (Å²) >= 11 is 0. The van der Waals surface area contributed by atoms with Gasteiger partial charge in [0.15, 0.2) is 0 Å². The molecule has 2 unspecified atom stereocenters. The second kappa shape index (κ2) is 10.0. The molecular weight excluding hydrogens is 364 g/mol. The van der Waals surface area contributed by atoms with Crippen molar-refractivity contribution in [1.82, 2.24) is 10.2 Å². The molecule has 1 aliphatic heterocycles. The molecule has 3 rings (SSSR count). The summed E-state index contributed by atoms with van der Waals surface area (Å²) in [5, 5.41) is 14.2. The first kappa shape index (κ1) is 21.5. The molecule has 29 heavy (non-hydrogen) atoms. The fourth-order valence-electron chi connectivity index (χ4n) is 3.97. The third-order valence-electron chi connectivity index (χ3n) is 5.76. The Morgan fingerprint density at radius 3 is 2.52 bits per heavy atom. The zero-order chi connectivity index (χ0) is 20.8. The van der Waals surface area contributed by atoms with E-state index in [0.717, 1.165) is 24.8 Å². The molecule has 0 bridgehead atoms. The molecule has 0 saturated carbocycles. The minimum atomic E-state index is -0.480. The Kier molecular flexibility index (Phi) is 7.42. The van der Waals surface area contributed by atoms with Crippen LogP contribution in [0, 0.1) is 0 Å².